The first-order valence-electron chi connectivity index (χ1n) is 8.30. The van der Waals surface area contributed by atoms with Gasteiger partial charge in [-0.05, 0) is 48.7 Å². The fourth-order valence-electron chi connectivity index (χ4n) is 2.35. The Kier molecular flexibility index (Phi) is 6.57. The molecular weight excluding hydrogens is 318 g/mol. The Morgan fingerprint density at radius 2 is 1.72 bits per heavy atom. The zero-order valence-corrected chi connectivity index (χ0v) is 14.7. The van der Waals surface area contributed by atoms with Crippen molar-refractivity contribution in [3.05, 3.63) is 59.7 Å². The van der Waals surface area contributed by atoms with Gasteiger partial charge in [-0.1, -0.05) is 32.0 Å². The number of ether oxygens (including phenoxy) is 2. The lowest BCUT2D eigenvalue weighted by atomic mass is 10.0. The first-order chi connectivity index (χ1) is 12.0. The van der Waals surface area contributed by atoms with E-state index in [1.54, 1.807) is 31.2 Å². The van der Waals surface area contributed by atoms with Crippen molar-refractivity contribution in [1.29, 1.82) is 0 Å². The lowest BCUT2D eigenvalue weighted by Crippen LogP contribution is -2.21. The van der Waals surface area contributed by atoms with E-state index in [-0.39, 0.29) is 18.5 Å². The molecule has 0 bridgehead atoms. The number of hydrogen-bond acceptors (Lipinski definition) is 4. The summed E-state index contributed by atoms with van der Waals surface area (Å²) in [4.78, 5) is 23.7. The molecule has 2 rings (SSSR count). The van der Waals surface area contributed by atoms with E-state index in [0.29, 0.717) is 23.8 Å². The molecule has 0 saturated carbocycles. The molecule has 0 aliphatic carbocycles. The topological polar surface area (TPSA) is 64.6 Å². The van der Waals surface area contributed by atoms with Crippen molar-refractivity contribution in [3.63, 3.8) is 0 Å². The number of carbonyl (C=O) groups is 2. The highest BCUT2D eigenvalue weighted by molar-refractivity contribution is 5.92. The van der Waals surface area contributed by atoms with Crippen LogP contribution in [0.15, 0.2) is 48.5 Å². The number of nitrogens with one attached hydrogen (secondary N) is 1. The number of rotatable bonds is 7. The van der Waals surface area contributed by atoms with E-state index in [2.05, 4.69) is 19.2 Å². The van der Waals surface area contributed by atoms with Gasteiger partial charge < -0.3 is 14.8 Å². The molecular formula is C20H23NO4. The van der Waals surface area contributed by atoms with E-state index in [1.807, 2.05) is 24.3 Å². The largest absolute Gasteiger partial charge is 0.484 e. The zero-order valence-electron chi connectivity index (χ0n) is 14.7. The Morgan fingerprint density at radius 3 is 2.36 bits per heavy atom. The fourth-order valence-corrected chi connectivity index (χ4v) is 2.35. The van der Waals surface area contributed by atoms with Gasteiger partial charge >= 0.3 is 5.97 Å². The van der Waals surface area contributed by atoms with Crippen LogP contribution < -0.4 is 10.1 Å². The highest BCUT2D eigenvalue weighted by atomic mass is 16.5. The molecule has 0 saturated heterocycles. The van der Waals surface area contributed by atoms with Gasteiger partial charge in [0.05, 0.1) is 12.2 Å². The second-order valence-electron chi connectivity index (χ2n) is 5.82. The first kappa shape index (κ1) is 18.5. The van der Waals surface area contributed by atoms with Gasteiger partial charge in [0.25, 0.3) is 5.91 Å². The molecule has 2 aromatic carbocycles. The van der Waals surface area contributed by atoms with Crippen LogP contribution in [-0.2, 0) is 9.53 Å². The average molecular weight is 341 g/mol. The van der Waals surface area contributed by atoms with E-state index in [4.69, 9.17) is 9.47 Å². The van der Waals surface area contributed by atoms with Crippen LogP contribution >= 0.6 is 0 Å². The first-order valence-corrected chi connectivity index (χ1v) is 8.30. The lowest BCUT2D eigenvalue weighted by Gasteiger charge is -2.14. The predicted molar refractivity (Wildman–Crippen MR) is 97.1 cm³/mol. The van der Waals surface area contributed by atoms with Crippen LogP contribution in [0, 0.1) is 0 Å². The third-order valence-corrected chi connectivity index (χ3v) is 3.59. The van der Waals surface area contributed by atoms with Crippen LogP contribution in [0.1, 0.15) is 42.6 Å². The highest BCUT2D eigenvalue weighted by Gasteiger charge is 2.10. The SMILES string of the molecule is CCOC(=O)c1ccc(OCC(=O)Nc2ccccc2C(C)C)cc1. The molecule has 0 atom stereocenters. The fraction of sp³-hybridized carbons (Fsp3) is 0.300. The monoisotopic (exact) mass is 341 g/mol. The summed E-state index contributed by atoms with van der Waals surface area (Å²) < 4.78 is 10.4. The minimum atomic E-state index is -0.378. The molecule has 0 radical (unpaired) electrons. The molecule has 0 heterocycles. The second-order valence-corrected chi connectivity index (χ2v) is 5.82. The Bertz CT molecular complexity index is 723. The number of para-hydroxylation sites is 1. The highest BCUT2D eigenvalue weighted by Crippen LogP contribution is 2.23. The van der Waals surface area contributed by atoms with Crippen molar-refractivity contribution in [2.75, 3.05) is 18.5 Å². The number of esters is 1. The van der Waals surface area contributed by atoms with Crippen LogP contribution in [0.5, 0.6) is 5.75 Å². The van der Waals surface area contributed by atoms with Crippen molar-refractivity contribution in [2.24, 2.45) is 0 Å². The summed E-state index contributed by atoms with van der Waals surface area (Å²) in [5, 5.41) is 2.87. The molecule has 0 aliphatic heterocycles. The van der Waals surface area contributed by atoms with Crippen molar-refractivity contribution < 1.29 is 19.1 Å². The lowest BCUT2D eigenvalue weighted by molar-refractivity contribution is -0.118. The van der Waals surface area contributed by atoms with E-state index < -0.39 is 0 Å². The summed E-state index contributed by atoms with van der Waals surface area (Å²) in [5.41, 5.74) is 2.32. The molecule has 0 fully saturated rings. The molecule has 2 aromatic rings. The van der Waals surface area contributed by atoms with Crippen LogP contribution in [-0.4, -0.2) is 25.1 Å². The molecule has 132 valence electrons. The zero-order chi connectivity index (χ0) is 18.2. The maximum absolute atomic E-state index is 12.1. The van der Waals surface area contributed by atoms with E-state index in [0.717, 1.165) is 11.3 Å². The third kappa shape index (κ3) is 5.35. The van der Waals surface area contributed by atoms with Gasteiger partial charge in [-0.2, -0.15) is 0 Å². The molecule has 0 aliphatic rings. The van der Waals surface area contributed by atoms with Gasteiger partial charge in [-0.15, -0.1) is 0 Å². The van der Waals surface area contributed by atoms with E-state index in [1.165, 1.54) is 0 Å². The Morgan fingerprint density at radius 1 is 1.04 bits per heavy atom. The van der Waals surface area contributed by atoms with Crippen molar-refractivity contribution >= 4 is 17.6 Å². The van der Waals surface area contributed by atoms with Crippen LogP contribution in [0.3, 0.4) is 0 Å². The summed E-state index contributed by atoms with van der Waals surface area (Å²) >= 11 is 0. The molecule has 25 heavy (non-hydrogen) atoms. The molecule has 0 spiro atoms. The molecule has 5 heteroatoms. The van der Waals surface area contributed by atoms with Gasteiger partial charge in [0.2, 0.25) is 0 Å². The molecule has 1 N–H and O–H groups in total. The third-order valence-electron chi connectivity index (χ3n) is 3.59. The summed E-state index contributed by atoms with van der Waals surface area (Å²) in [5.74, 6) is 0.216. The number of hydrogen-bond donors (Lipinski definition) is 1. The smallest absolute Gasteiger partial charge is 0.338 e. The van der Waals surface area contributed by atoms with Crippen molar-refractivity contribution in [1.82, 2.24) is 0 Å². The second kappa shape index (κ2) is 8.87. The molecule has 0 aromatic heterocycles. The van der Waals surface area contributed by atoms with Gasteiger partial charge in [0.1, 0.15) is 5.75 Å². The summed E-state index contributed by atoms with van der Waals surface area (Å²) in [6.45, 7) is 6.13. The van der Waals surface area contributed by atoms with Crippen LogP contribution in [0.25, 0.3) is 0 Å². The van der Waals surface area contributed by atoms with E-state index in [9.17, 15) is 9.59 Å². The van der Waals surface area contributed by atoms with Crippen LogP contribution in [0.4, 0.5) is 5.69 Å². The Balaban J connectivity index is 1.91. The number of carbonyl (C=O) groups excluding carboxylic acids is 2. The minimum absolute atomic E-state index is 0.106. The average Bonchev–Trinajstić information content (AvgIpc) is 2.61. The maximum atomic E-state index is 12.1. The van der Waals surface area contributed by atoms with Crippen molar-refractivity contribution in [3.8, 4) is 5.75 Å². The Labute approximate surface area is 148 Å². The maximum Gasteiger partial charge on any atom is 0.338 e. The standard InChI is InChI=1S/C20H23NO4/c1-4-24-20(23)15-9-11-16(12-10-15)25-13-19(22)21-18-8-6-5-7-17(18)14(2)3/h5-12,14H,4,13H2,1-3H3,(H,21,22). The van der Waals surface area contributed by atoms with Crippen molar-refractivity contribution in [2.45, 2.75) is 26.7 Å². The number of amides is 1. The summed E-state index contributed by atoms with van der Waals surface area (Å²) in [6.07, 6.45) is 0. The predicted octanol–water partition coefficient (Wildman–Crippen LogP) is 4.00. The molecule has 0 unspecified atom stereocenters. The van der Waals surface area contributed by atoms with Crippen LogP contribution in [0.2, 0.25) is 0 Å². The quantitative estimate of drug-likeness (QED) is 0.773. The summed E-state index contributed by atoms with van der Waals surface area (Å²) in [7, 11) is 0. The number of benzene rings is 2. The molecule has 5 nitrogen and oxygen atoms in total. The normalized spacial score (nSPS) is 10.4. The minimum Gasteiger partial charge on any atom is -0.484 e. The number of anilines is 1. The van der Waals surface area contributed by atoms with Gasteiger partial charge in [-0.25, -0.2) is 4.79 Å². The molecule has 1 amide bonds. The van der Waals surface area contributed by atoms with Gasteiger partial charge in [0.15, 0.2) is 6.61 Å². The summed E-state index contributed by atoms with van der Waals surface area (Å²) in [6, 6.07) is 14.2. The van der Waals surface area contributed by atoms with Gasteiger partial charge in [0, 0.05) is 5.69 Å². The Hall–Kier alpha value is -2.82. The van der Waals surface area contributed by atoms with Gasteiger partial charge in [-0.3, -0.25) is 4.79 Å². The van der Waals surface area contributed by atoms with E-state index >= 15 is 0 Å².